The van der Waals surface area contributed by atoms with Crippen LogP contribution < -0.4 is 0 Å². The van der Waals surface area contributed by atoms with Gasteiger partial charge in [0.15, 0.2) is 0 Å². The van der Waals surface area contributed by atoms with Crippen LogP contribution in [0.1, 0.15) is 55.0 Å². The smallest absolute Gasteiger partial charge is 0.222 e. The van der Waals surface area contributed by atoms with Crippen molar-refractivity contribution in [2.45, 2.75) is 51.1 Å². The van der Waals surface area contributed by atoms with E-state index in [1.807, 2.05) is 13.1 Å². The van der Waals surface area contributed by atoms with Crippen molar-refractivity contribution < 1.29 is 9.32 Å². The quantitative estimate of drug-likeness (QED) is 0.747. The van der Waals surface area contributed by atoms with Gasteiger partial charge in [-0.1, -0.05) is 35.5 Å². The van der Waals surface area contributed by atoms with Crippen LogP contribution in [0.4, 0.5) is 0 Å². The second kappa shape index (κ2) is 8.26. The predicted octanol–water partition coefficient (Wildman–Crippen LogP) is 3.81. The zero-order chi connectivity index (χ0) is 18.6. The van der Waals surface area contributed by atoms with Crippen LogP contribution >= 0.6 is 0 Å². The van der Waals surface area contributed by atoms with E-state index in [2.05, 4.69) is 40.4 Å². The highest BCUT2D eigenvalue weighted by atomic mass is 16.5. The number of benzene rings is 1. The highest BCUT2D eigenvalue weighted by molar-refractivity contribution is 5.76. The normalized spacial score (nSPS) is 18.6. The number of likely N-dealkylation sites (tertiary alicyclic amines) is 1. The van der Waals surface area contributed by atoms with Crippen LogP contribution in [0.3, 0.4) is 0 Å². The molecule has 144 valence electrons. The molecule has 5 heteroatoms. The van der Waals surface area contributed by atoms with Crippen LogP contribution in [0.25, 0.3) is 0 Å². The average molecular weight is 367 g/mol. The molecule has 5 nitrogen and oxygen atoms in total. The Hall–Kier alpha value is -2.14. The molecule has 0 atom stereocenters. The second-order valence-electron chi connectivity index (χ2n) is 8.15. The molecule has 0 bridgehead atoms. The zero-order valence-corrected chi connectivity index (χ0v) is 16.1. The van der Waals surface area contributed by atoms with E-state index in [1.165, 1.54) is 18.4 Å². The highest BCUT2D eigenvalue weighted by Gasteiger charge is 2.28. The molecule has 0 unspecified atom stereocenters. The topological polar surface area (TPSA) is 49.6 Å². The fraction of sp³-hybridized carbons (Fsp3) is 0.545. The van der Waals surface area contributed by atoms with Crippen molar-refractivity contribution in [1.82, 2.24) is 15.0 Å². The van der Waals surface area contributed by atoms with Crippen molar-refractivity contribution in [3.05, 3.63) is 53.4 Å². The largest absolute Gasteiger partial charge is 0.361 e. The summed E-state index contributed by atoms with van der Waals surface area (Å²) >= 11 is 0. The third kappa shape index (κ3) is 4.98. The molecule has 0 spiro atoms. The lowest BCUT2D eigenvalue weighted by Gasteiger charge is -2.32. The number of carbonyl (C=O) groups excluding carboxylic acids is 1. The maximum atomic E-state index is 12.6. The molecule has 2 heterocycles. The van der Waals surface area contributed by atoms with E-state index in [-0.39, 0.29) is 5.91 Å². The van der Waals surface area contributed by atoms with Crippen molar-refractivity contribution in [2.24, 2.45) is 5.92 Å². The summed E-state index contributed by atoms with van der Waals surface area (Å²) in [7, 11) is 1.87. The van der Waals surface area contributed by atoms with E-state index in [0.29, 0.717) is 24.8 Å². The van der Waals surface area contributed by atoms with Gasteiger partial charge in [-0.05, 0) is 50.3 Å². The number of hydrogen-bond acceptors (Lipinski definition) is 4. The minimum Gasteiger partial charge on any atom is -0.361 e. The molecular formula is C22H29N3O2. The first-order chi connectivity index (χ1) is 13.2. The minimum atomic E-state index is 0.215. The monoisotopic (exact) mass is 367 g/mol. The molecule has 1 amide bonds. The Morgan fingerprint density at radius 3 is 2.63 bits per heavy atom. The third-order valence-electron chi connectivity index (χ3n) is 5.80. The van der Waals surface area contributed by atoms with Crippen LogP contribution in [0.2, 0.25) is 0 Å². The van der Waals surface area contributed by atoms with Gasteiger partial charge in [0.1, 0.15) is 11.5 Å². The SMILES string of the molecule is CN(Cc1cc(C2CC2)on1)C(=O)CC1CCN(Cc2ccccc2)CC1. The van der Waals surface area contributed by atoms with Gasteiger partial charge in [-0.2, -0.15) is 0 Å². The lowest BCUT2D eigenvalue weighted by atomic mass is 9.92. The van der Waals surface area contributed by atoms with Gasteiger partial charge < -0.3 is 9.42 Å². The van der Waals surface area contributed by atoms with Gasteiger partial charge >= 0.3 is 0 Å². The van der Waals surface area contributed by atoms with E-state index < -0.39 is 0 Å². The molecule has 4 rings (SSSR count). The summed E-state index contributed by atoms with van der Waals surface area (Å²) in [4.78, 5) is 16.9. The molecule has 1 aliphatic heterocycles. The van der Waals surface area contributed by atoms with Crippen molar-refractivity contribution in [3.63, 3.8) is 0 Å². The van der Waals surface area contributed by atoms with Gasteiger partial charge in [-0.25, -0.2) is 0 Å². The van der Waals surface area contributed by atoms with Crippen LogP contribution in [0.5, 0.6) is 0 Å². The van der Waals surface area contributed by atoms with Crippen molar-refractivity contribution in [1.29, 1.82) is 0 Å². The summed E-state index contributed by atoms with van der Waals surface area (Å²) in [5, 5.41) is 4.12. The maximum absolute atomic E-state index is 12.6. The van der Waals surface area contributed by atoms with E-state index in [4.69, 9.17) is 4.52 Å². The number of amides is 1. The van der Waals surface area contributed by atoms with Crippen molar-refractivity contribution in [2.75, 3.05) is 20.1 Å². The summed E-state index contributed by atoms with van der Waals surface area (Å²) in [6.45, 7) is 3.70. The molecule has 1 aromatic carbocycles. The first-order valence-corrected chi connectivity index (χ1v) is 10.1. The minimum absolute atomic E-state index is 0.215. The van der Waals surface area contributed by atoms with E-state index in [0.717, 1.165) is 43.9 Å². The van der Waals surface area contributed by atoms with Gasteiger partial charge in [0.05, 0.1) is 6.54 Å². The third-order valence-corrected chi connectivity index (χ3v) is 5.80. The zero-order valence-electron chi connectivity index (χ0n) is 16.1. The first-order valence-electron chi connectivity index (χ1n) is 10.1. The molecule has 1 saturated heterocycles. The molecule has 2 aromatic rings. The van der Waals surface area contributed by atoms with Crippen LogP contribution in [0, 0.1) is 5.92 Å². The number of piperidine rings is 1. The lowest BCUT2D eigenvalue weighted by Crippen LogP contribution is -2.36. The maximum Gasteiger partial charge on any atom is 0.222 e. The molecule has 2 fully saturated rings. The number of aromatic nitrogens is 1. The summed E-state index contributed by atoms with van der Waals surface area (Å²) in [5.41, 5.74) is 2.23. The van der Waals surface area contributed by atoms with Gasteiger partial charge in [-0.15, -0.1) is 0 Å². The Morgan fingerprint density at radius 1 is 1.19 bits per heavy atom. The number of nitrogens with zero attached hydrogens (tertiary/aromatic N) is 3. The molecular weight excluding hydrogens is 338 g/mol. The average Bonchev–Trinajstić information content (AvgIpc) is 3.43. The van der Waals surface area contributed by atoms with E-state index >= 15 is 0 Å². The number of carbonyl (C=O) groups is 1. The van der Waals surface area contributed by atoms with E-state index in [1.54, 1.807) is 4.90 Å². The second-order valence-corrected chi connectivity index (χ2v) is 8.15. The van der Waals surface area contributed by atoms with Crippen LogP contribution in [0.15, 0.2) is 40.9 Å². The standard InChI is InChI=1S/C22H29N3O2/c1-24(16-20-14-21(27-23-20)19-7-8-19)22(26)13-17-9-11-25(12-10-17)15-18-5-3-2-4-6-18/h2-6,14,17,19H,7-13,15-16H2,1H3. The number of hydrogen-bond donors (Lipinski definition) is 0. The summed E-state index contributed by atoms with van der Waals surface area (Å²) < 4.78 is 5.39. The van der Waals surface area contributed by atoms with Gasteiger partial charge in [0.25, 0.3) is 0 Å². The summed E-state index contributed by atoms with van der Waals surface area (Å²) in [6, 6.07) is 12.6. The fourth-order valence-corrected chi connectivity index (χ4v) is 3.89. The van der Waals surface area contributed by atoms with Gasteiger partial charge in [0.2, 0.25) is 5.91 Å². The van der Waals surface area contributed by atoms with Gasteiger partial charge in [0, 0.05) is 32.0 Å². The molecule has 0 radical (unpaired) electrons. The van der Waals surface area contributed by atoms with Crippen molar-refractivity contribution >= 4 is 5.91 Å². The molecule has 1 aliphatic carbocycles. The van der Waals surface area contributed by atoms with Crippen LogP contribution in [-0.4, -0.2) is 41.0 Å². The fourth-order valence-electron chi connectivity index (χ4n) is 3.89. The predicted molar refractivity (Wildman–Crippen MR) is 104 cm³/mol. The van der Waals surface area contributed by atoms with Crippen LogP contribution in [-0.2, 0) is 17.9 Å². The molecule has 1 aromatic heterocycles. The summed E-state index contributed by atoms with van der Waals surface area (Å²) in [6.07, 6.45) is 5.24. The van der Waals surface area contributed by atoms with Gasteiger partial charge in [-0.3, -0.25) is 9.69 Å². The Balaban J connectivity index is 1.20. The Bertz CT molecular complexity index is 746. The molecule has 27 heavy (non-hydrogen) atoms. The van der Waals surface area contributed by atoms with E-state index in [9.17, 15) is 4.79 Å². The summed E-state index contributed by atoms with van der Waals surface area (Å²) in [5.74, 6) is 2.25. The first kappa shape index (κ1) is 18.2. The number of rotatable bonds is 7. The molecule has 2 aliphatic rings. The highest BCUT2D eigenvalue weighted by Crippen LogP contribution is 2.40. The van der Waals surface area contributed by atoms with Crippen molar-refractivity contribution in [3.8, 4) is 0 Å². The Labute approximate surface area is 161 Å². The Morgan fingerprint density at radius 2 is 1.93 bits per heavy atom. The lowest BCUT2D eigenvalue weighted by molar-refractivity contribution is -0.131. The molecule has 0 N–H and O–H groups in total. The molecule has 1 saturated carbocycles. The Kier molecular flexibility index (Phi) is 5.58.